The molecule has 3 aromatic heterocycles. The van der Waals surface area contributed by atoms with Crippen LogP contribution in [0.2, 0.25) is 0 Å². The van der Waals surface area contributed by atoms with Crippen LogP contribution in [-0.4, -0.2) is 44.9 Å². The quantitative estimate of drug-likeness (QED) is 0.343. The lowest BCUT2D eigenvalue weighted by atomic mass is 10.1. The Balaban J connectivity index is 0.00000144. The third-order valence-corrected chi connectivity index (χ3v) is 6.05. The molecule has 0 spiro atoms. The molecule has 1 aliphatic rings. The Labute approximate surface area is 214 Å². The van der Waals surface area contributed by atoms with Gasteiger partial charge in [-0.1, -0.05) is 48.5 Å². The van der Waals surface area contributed by atoms with Gasteiger partial charge in [-0.2, -0.15) is 0 Å². The monoisotopic (exact) mass is 511 g/mol. The number of hydrogen-bond acceptors (Lipinski definition) is 5. The first-order chi connectivity index (χ1) is 16.3. The number of fused-ring (bicyclic) bond motifs is 2. The highest BCUT2D eigenvalue weighted by atomic mass is 35.5. The molecule has 180 valence electrons. The number of rotatable bonds is 4. The smallest absolute Gasteiger partial charge is 0.187 e. The second kappa shape index (κ2) is 10.6. The van der Waals surface area contributed by atoms with Crippen molar-refractivity contribution in [3.63, 3.8) is 0 Å². The summed E-state index contributed by atoms with van der Waals surface area (Å²) in [6.45, 7) is 1.05. The van der Waals surface area contributed by atoms with Gasteiger partial charge < -0.3 is 10.1 Å². The first-order valence-electron chi connectivity index (χ1n) is 11.1. The predicted octanol–water partition coefficient (Wildman–Crippen LogP) is 5.53. The number of piperidine rings is 1. The minimum Gasteiger partial charge on any atom is -0.485 e. The van der Waals surface area contributed by atoms with E-state index in [-0.39, 0.29) is 24.8 Å². The topological polar surface area (TPSA) is 64.3 Å². The van der Waals surface area contributed by atoms with Crippen molar-refractivity contribution < 1.29 is 9.13 Å². The molecular weight excluding hydrogens is 488 g/mol. The van der Waals surface area contributed by atoms with Gasteiger partial charge in [0.05, 0.1) is 0 Å². The summed E-state index contributed by atoms with van der Waals surface area (Å²) < 4.78 is 22.4. The van der Waals surface area contributed by atoms with E-state index in [2.05, 4.69) is 27.6 Å². The number of halogens is 3. The second-order valence-electron chi connectivity index (χ2n) is 8.23. The highest BCUT2D eigenvalue weighted by molar-refractivity contribution is 5.86. The van der Waals surface area contributed by atoms with Gasteiger partial charge in [0, 0.05) is 18.1 Å². The average molecular weight is 512 g/mol. The molecule has 5 aromatic rings. The van der Waals surface area contributed by atoms with Gasteiger partial charge in [-0.3, -0.25) is 4.40 Å². The van der Waals surface area contributed by atoms with Gasteiger partial charge in [0.15, 0.2) is 11.5 Å². The third-order valence-electron chi connectivity index (χ3n) is 6.05. The first-order valence-corrected chi connectivity index (χ1v) is 11.1. The number of aromatic nitrogens is 4. The van der Waals surface area contributed by atoms with E-state index >= 15 is 0 Å². The number of pyridine rings is 2. The van der Waals surface area contributed by atoms with Gasteiger partial charge in [-0.25, -0.2) is 9.37 Å². The van der Waals surface area contributed by atoms with Crippen molar-refractivity contribution in [1.82, 2.24) is 24.9 Å². The van der Waals surface area contributed by atoms with Crippen molar-refractivity contribution in [3.05, 3.63) is 79.0 Å². The molecule has 0 radical (unpaired) electrons. The highest BCUT2D eigenvalue weighted by Crippen LogP contribution is 2.30. The lowest BCUT2D eigenvalue weighted by Crippen LogP contribution is -2.44. The number of benzene rings is 2. The molecule has 9 heteroatoms. The van der Waals surface area contributed by atoms with E-state index in [1.54, 1.807) is 0 Å². The number of ether oxygens (including phenoxy) is 1. The van der Waals surface area contributed by atoms with E-state index in [1.165, 1.54) is 0 Å². The Morgan fingerprint density at radius 1 is 0.886 bits per heavy atom. The normalized spacial score (nSPS) is 17.5. The number of nitrogens with zero attached hydrogens (tertiary/aromatic N) is 4. The molecule has 1 aliphatic heterocycles. The molecule has 2 atom stereocenters. The van der Waals surface area contributed by atoms with Gasteiger partial charge in [0.25, 0.3) is 0 Å². The minimum atomic E-state index is -1.05. The van der Waals surface area contributed by atoms with Gasteiger partial charge in [-0.15, -0.1) is 35.0 Å². The SMILES string of the molecule is Cl.Cl.F[C@H]1CNCC[C@H]1Oc1cccc2ccc(-c3nnc4ccc(-c5ccccc5)cn34)nc12. The van der Waals surface area contributed by atoms with Crippen LogP contribution in [0.5, 0.6) is 5.75 Å². The molecular formula is C26H24Cl2FN5O. The van der Waals surface area contributed by atoms with Crippen molar-refractivity contribution >= 4 is 41.4 Å². The molecule has 1 fully saturated rings. The van der Waals surface area contributed by atoms with Crippen molar-refractivity contribution in [2.75, 3.05) is 13.1 Å². The Kier molecular flexibility index (Phi) is 7.50. The van der Waals surface area contributed by atoms with Crippen molar-refractivity contribution in [1.29, 1.82) is 0 Å². The molecule has 2 aromatic carbocycles. The van der Waals surface area contributed by atoms with Crippen LogP contribution in [-0.2, 0) is 0 Å². The molecule has 1 N–H and O–H groups in total. The molecule has 0 bridgehead atoms. The lowest BCUT2D eigenvalue weighted by Gasteiger charge is -2.27. The number of alkyl halides is 1. The summed E-state index contributed by atoms with van der Waals surface area (Å²) in [7, 11) is 0. The van der Waals surface area contributed by atoms with E-state index in [0.717, 1.165) is 28.7 Å². The van der Waals surface area contributed by atoms with E-state index in [9.17, 15) is 4.39 Å². The maximum atomic E-state index is 14.4. The summed E-state index contributed by atoms with van der Waals surface area (Å²) in [6, 6.07) is 23.8. The van der Waals surface area contributed by atoms with Gasteiger partial charge >= 0.3 is 0 Å². The molecule has 6 rings (SSSR count). The van der Waals surface area contributed by atoms with Crippen molar-refractivity contribution in [3.8, 4) is 28.4 Å². The number of para-hydroxylation sites is 1. The fourth-order valence-electron chi connectivity index (χ4n) is 4.30. The predicted molar refractivity (Wildman–Crippen MR) is 140 cm³/mol. The average Bonchev–Trinajstić information content (AvgIpc) is 3.29. The summed E-state index contributed by atoms with van der Waals surface area (Å²) in [6.07, 6.45) is 1.12. The minimum absolute atomic E-state index is 0. The van der Waals surface area contributed by atoms with Crippen LogP contribution in [0.3, 0.4) is 0 Å². The van der Waals surface area contributed by atoms with Crippen LogP contribution >= 0.6 is 24.8 Å². The van der Waals surface area contributed by atoms with Crippen LogP contribution in [0.1, 0.15) is 6.42 Å². The summed E-state index contributed by atoms with van der Waals surface area (Å²) in [5.41, 5.74) is 4.29. The van der Waals surface area contributed by atoms with Gasteiger partial charge in [-0.05, 0) is 48.4 Å². The number of hydrogen-bond donors (Lipinski definition) is 1. The van der Waals surface area contributed by atoms with E-state index in [1.807, 2.05) is 71.3 Å². The third kappa shape index (κ3) is 4.80. The fraction of sp³-hybridized carbons (Fsp3) is 0.192. The van der Waals surface area contributed by atoms with E-state index < -0.39 is 12.3 Å². The summed E-state index contributed by atoms with van der Waals surface area (Å²) in [4.78, 5) is 4.87. The molecule has 0 saturated carbocycles. The van der Waals surface area contributed by atoms with Crippen LogP contribution in [0.4, 0.5) is 4.39 Å². The first kappa shape index (κ1) is 24.9. The van der Waals surface area contributed by atoms with E-state index in [4.69, 9.17) is 9.72 Å². The lowest BCUT2D eigenvalue weighted by molar-refractivity contribution is 0.0742. The van der Waals surface area contributed by atoms with E-state index in [0.29, 0.717) is 35.8 Å². The van der Waals surface area contributed by atoms with Crippen molar-refractivity contribution in [2.24, 2.45) is 0 Å². The Hall–Kier alpha value is -3.26. The maximum Gasteiger partial charge on any atom is 0.187 e. The van der Waals surface area contributed by atoms with Crippen molar-refractivity contribution in [2.45, 2.75) is 18.7 Å². The molecule has 35 heavy (non-hydrogen) atoms. The summed E-state index contributed by atoms with van der Waals surface area (Å²) in [5, 5.41) is 12.7. The Bertz CT molecular complexity index is 1450. The molecule has 4 heterocycles. The zero-order valence-corrected chi connectivity index (χ0v) is 20.3. The summed E-state index contributed by atoms with van der Waals surface area (Å²) >= 11 is 0. The zero-order chi connectivity index (χ0) is 22.2. The molecule has 6 nitrogen and oxygen atoms in total. The number of nitrogens with one attached hydrogen (secondary N) is 1. The molecule has 1 saturated heterocycles. The Morgan fingerprint density at radius 3 is 2.57 bits per heavy atom. The zero-order valence-electron chi connectivity index (χ0n) is 18.7. The van der Waals surface area contributed by atoms with Crippen LogP contribution in [0, 0.1) is 0 Å². The van der Waals surface area contributed by atoms with Crippen LogP contribution in [0.25, 0.3) is 39.2 Å². The molecule has 0 unspecified atom stereocenters. The molecule has 0 amide bonds. The fourth-order valence-corrected chi connectivity index (χ4v) is 4.30. The Morgan fingerprint density at radius 2 is 1.74 bits per heavy atom. The second-order valence-corrected chi connectivity index (χ2v) is 8.23. The van der Waals surface area contributed by atoms with Crippen LogP contribution in [0.15, 0.2) is 79.0 Å². The van der Waals surface area contributed by atoms with Gasteiger partial charge in [0.2, 0.25) is 0 Å². The highest BCUT2D eigenvalue weighted by Gasteiger charge is 2.27. The van der Waals surface area contributed by atoms with Crippen LogP contribution < -0.4 is 10.1 Å². The standard InChI is InChI=1S/C26H22FN5O.2ClH/c27-20-15-28-14-13-22(20)33-23-8-4-7-18-9-11-21(29-25(18)23)26-31-30-24-12-10-19(16-32(24)26)17-5-2-1-3-6-17;;/h1-12,16,20,22,28H,13-15H2;2*1H/t20-,22+;;/m0../s1. The summed E-state index contributed by atoms with van der Waals surface area (Å²) in [5.74, 6) is 1.23. The molecule has 0 aliphatic carbocycles. The van der Waals surface area contributed by atoms with Gasteiger partial charge in [0.1, 0.15) is 29.2 Å². The largest absolute Gasteiger partial charge is 0.485 e. The maximum absolute atomic E-state index is 14.4.